The number of hydrogen-bond donors (Lipinski definition) is 1. The van der Waals surface area contributed by atoms with Crippen LogP contribution in [0, 0.1) is 5.82 Å². The average molecular weight is 419 g/mol. The molecule has 2 aromatic heterocycles. The number of hydrogen-bond acceptors (Lipinski definition) is 6. The van der Waals surface area contributed by atoms with E-state index in [4.69, 9.17) is 10.1 Å². The van der Waals surface area contributed by atoms with Gasteiger partial charge in [-0.2, -0.15) is 5.10 Å². The van der Waals surface area contributed by atoms with E-state index in [0.717, 1.165) is 5.56 Å². The highest BCUT2D eigenvalue weighted by Crippen LogP contribution is 2.38. The van der Waals surface area contributed by atoms with Gasteiger partial charge in [-0.15, -0.1) is 0 Å². The van der Waals surface area contributed by atoms with Gasteiger partial charge >= 0.3 is 0 Å². The van der Waals surface area contributed by atoms with Gasteiger partial charge in [0.05, 0.1) is 18.6 Å². The van der Waals surface area contributed by atoms with Gasteiger partial charge in [-0.3, -0.25) is 19.6 Å². The number of carbonyl (C=O) groups is 1. The molecular weight excluding hydrogens is 397 g/mol. The number of anilines is 3. The molecule has 1 N–H and O–H groups in total. The molecular formula is C22H22FN7O. The van der Waals surface area contributed by atoms with Crippen molar-refractivity contribution in [1.82, 2.24) is 19.7 Å². The lowest BCUT2D eigenvalue weighted by molar-refractivity contribution is 0.0866. The first-order valence-electron chi connectivity index (χ1n) is 10.0. The minimum Gasteiger partial charge on any atom is -0.340 e. The fourth-order valence-electron chi connectivity index (χ4n) is 3.92. The van der Waals surface area contributed by atoms with Crippen molar-refractivity contribution < 1.29 is 9.18 Å². The third kappa shape index (κ3) is 3.31. The molecule has 2 aliphatic rings. The molecule has 0 saturated carbocycles. The van der Waals surface area contributed by atoms with E-state index in [1.165, 1.54) is 12.1 Å². The van der Waals surface area contributed by atoms with Crippen molar-refractivity contribution in [3.8, 4) is 0 Å². The molecule has 1 amide bonds. The zero-order chi connectivity index (χ0) is 21.8. The third-order valence-electron chi connectivity index (χ3n) is 5.39. The number of carbonyl (C=O) groups excluding carboxylic acids is 1. The van der Waals surface area contributed by atoms with Gasteiger partial charge in [0, 0.05) is 25.1 Å². The number of halogens is 1. The normalized spacial score (nSPS) is 16.8. The number of aromatic nitrogens is 3. The number of aliphatic imine (C=N–C) groups is 1. The predicted molar refractivity (Wildman–Crippen MR) is 116 cm³/mol. The number of benzene rings is 1. The Morgan fingerprint density at radius 3 is 2.55 bits per heavy atom. The lowest BCUT2D eigenvalue weighted by atomic mass is 10.1. The van der Waals surface area contributed by atoms with Gasteiger partial charge in [0.25, 0.3) is 5.91 Å². The number of guanidine groups is 1. The van der Waals surface area contributed by atoms with E-state index in [9.17, 15) is 9.18 Å². The minimum atomic E-state index is -0.328. The van der Waals surface area contributed by atoms with E-state index in [1.807, 2.05) is 30.9 Å². The number of rotatable bonds is 4. The molecule has 0 radical (unpaired) electrons. The molecule has 0 saturated heterocycles. The average Bonchev–Trinajstić information content (AvgIpc) is 3.26. The zero-order valence-corrected chi connectivity index (χ0v) is 17.5. The van der Waals surface area contributed by atoms with E-state index in [2.05, 4.69) is 10.3 Å². The molecule has 4 heterocycles. The van der Waals surface area contributed by atoms with Crippen LogP contribution in [0.25, 0.3) is 0 Å². The molecule has 3 aromatic rings. The third-order valence-corrected chi connectivity index (χ3v) is 5.39. The van der Waals surface area contributed by atoms with Gasteiger partial charge < -0.3 is 5.32 Å². The highest BCUT2D eigenvalue weighted by atomic mass is 19.1. The van der Waals surface area contributed by atoms with Gasteiger partial charge in [-0.05, 0) is 55.8 Å². The summed E-state index contributed by atoms with van der Waals surface area (Å²) < 4.78 is 15.2. The SMILES string of the molecule is CN1C(=O)c2c(nn(Cc3ccncc3)c2Nc2ccc(F)cc2)N2CC(C)(C)N=C12. The highest BCUT2D eigenvalue weighted by molar-refractivity contribution is 6.20. The molecule has 9 heteroatoms. The standard InChI is InChI=1S/C22H22FN7O/c1-22(2)13-29-19-17(20(31)28(3)21(29)26-22)18(25-16-6-4-15(23)5-7-16)30(27-19)12-14-8-10-24-11-9-14/h4-11,25H,12-13H2,1-3H3. The van der Waals surface area contributed by atoms with Crippen LogP contribution in [-0.4, -0.2) is 50.7 Å². The van der Waals surface area contributed by atoms with E-state index in [1.54, 1.807) is 41.2 Å². The molecule has 0 bridgehead atoms. The Morgan fingerprint density at radius 2 is 1.84 bits per heavy atom. The Kier molecular flexibility index (Phi) is 4.28. The fraction of sp³-hybridized carbons (Fsp3) is 0.273. The van der Waals surface area contributed by atoms with E-state index >= 15 is 0 Å². The van der Waals surface area contributed by atoms with Gasteiger partial charge in [0.2, 0.25) is 5.96 Å². The lowest BCUT2D eigenvalue weighted by Crippen LogP contribution is -2.48. The Labute approximate surface area is 179 Å². The molecule has 2 aliphatic heterocycles. The maximum absolute atomic E-state index is 13.4. The van der Waals surface area contributed by atoms with Crippen molar-refractivity contribution in [2.45, 2.75) is 25.9 Å². The van der Waals surface area contributed by atoms with Crippen LogP contribution in [0.3, 0.4) is 0 Å². The summed E-state index contributed by atoms with van der Waals surface area (Å²) in [6.45, 7) is 5.12. The topological polar surface area (TPSA) is 78.7 Å². The highest BCUT2D eigenvalue weighted by Gasteiger charge is 2.45. The molecule has 158 valence electrons. The number of pyridine rings is 1. The Morgan fingerprint density at radius 1 is 1.13 bits per heavy atom. The number of amides is 1. The molecule has 0 fully saturated rings. The molecule has 0 unspecified atom stereocenters. The van der Waals surface area contributed by atoms with Gasteiger partial charge in [0.15, 0.2) is 5.82 Å². The first-order valence-corrected chi connectivity index (χ1v) is 10.0. The monoisotopic (exact) mass is 419 g/mol. The maximum Gasteiger partial charge on any atom is 0.267 e. The molecule has 5 rings (SSSR count). The molecule has 31 heavy (non-hydrogen) atoms. The number of fused-ring (bicyclic) bond motifs is 3. The van der Waals surface area contributed by atoms with Crippen LogP contribution in [0.2, 0.25) is 0 Å². The van der Waals surface area contributed by atoms with Crippen molar-refractivity contribution in [1.29, 1.82) is 0 Å². The van der Waals surface area contributed by atoms with Gasteiger partial charge in [-0.25, -0.2) is 14.1 Å². The van der Waals surface area contributed by atoms with Crippen LogP contribution < -0.4 is 10.2 Å². The summed E-state index contributed by atoms with van der Waals surface area (Å²) in [7, 11) is 1.72. The second-order valence-corrected chi connectivity index (χ2v) is 8.37. The fourth-order valence-corrected chi connectivity index (χ4v) is 3.92. The van der Waals surface area contributed by atoms with Crippen LogP contribution in [0.1, 0.15) is 29.8 Å². The quantitative estimate of drug-likeness (QED) is 0.702. The lowest BCUT2D eigenvalue weighted by Gasteiger charge is -2.30. The molecule has 1 aromatic carbocycles. The van der Waals surface area contributed by atoms with Crippen LogP contribution >= 0.6 is 0 Å². The number of nitrogens with zero attached hydrogens (tertiary/aromatic N) is 6. The van der Waals surface area contributed by atoms with Crippen molar-refractivity contribution in [3.05, 3.63) is 65.7 Å². The molecule has 0 aliphatic carbocycles. The maximum atomic E-state index is 13.4. The van der Waals surface area contributed by atoms with Crippen LogP contribution in [0.4, 0.5) is 21.7 Å². The Bertz CT molecular complexity index is 1180. The molecule has 0 spiro atoms. The van der Waals surface area contributed by atoms with E-state index in [-0.39, 0.29) is 17.3 Å². The van der Waals surface area contributed by atoms with Crippen LogP contribution in [0.5, 0.6) is 0 Å². The van der Waals surface area contributed by atoms with Crippen molar-refractivity contribution >= 4 is 29.2 Å². The predicted octanol–water partition coefficient (Wildman–Crippen LogP) is 3.25. The van der Waals surface area contributed by atoms with Crippen molar-refractivity contribution in [3.63, 3.8) is 0 Å². The van der Waals surface area contributed by atoms with E-state index < -0.39 is 0 Å². The summed E-state index contributed by atoms with van der Waals surface area (Å²) >= 11 is 0. The summed E-state index contributed by atoms with van der Waals surface area (Å²) in [5.74, 6) is 1.22. The Balaban J connectivity index is 1.64. The summed E-state index contributed by atoms with van der Waals surface area (Å²) in [5.41, 5.74) is 1.80. The summed E-state index contributed by atoms with van der Waals surface area (Å²) in [6, 6.07) is 9.83. The summed E-state index contributed by atoms with van der Waals surface area (Å²) in [5, 5.41) is 8.09. The first kappa shape index (κ1) is 19.2. The second kappa shape index (κ2) is 6.90. The van der Waals surface area contributed by atoms with Gasteiger partial charge in [-0.1, -0.05) is 0 Å². The zero-order valence-electron chi connectivity index (χ0n) is 17.5. The van der Waals surface area contributed by atoms with Crippen LogP contribution in [0.15, 0.2) is 53.8 Å². The summed E-state index contributed by atoms with van der Waals surface area (Å²) in [4.78, 5) is 25.7. The van der Waals surface area contributed by atoms with Gasteiger partial charge in [0.1, 0.15) is 17.2 Å². The Hall–Kier alpha value is -3.75. The van der Waals surface area contributed by atoms with Crippen LogP contribution in [-0.2, 0) is 6.54 Å². The molecule has 0 atom stereocenters. The van der Waals surface area contributed by atoms with Crippen molar-refractivity contribution in [2.24, 2.45) is 4.99 Å². The van der Waals surface area contributed by atoms with Crippen molar-refractivity contribution in [2.75, 3.05) is 23.8 Å². The minimum absolute atomic E-state index is 0.187. The second-order valence-electron chi connectivity index (χ2n) is 8.37. The largest absolute Gasteiger partial charge is 0.340 e. The smallest absolute Gasteiger partial charge is 0.267 e. The first-order chi connectivity index (χ1) is 14.8. The van der Waals surface area contributed by atoms with E-state index in [0.29, 0.717) is 41.9 Å². The summed E-state index contributed by atoms with van der Waals surface area (Å²) in [6.07, 6.45) is 3.44. The molecule has 8 nitrogen and oxygen atoms in total. The number of nitrogens with one attached hydrogen (secondary N) is 1.